The lowest BCUT2D eigenvalue weighted by molar-refractivity contribution is 0.102. The summed E-state index contributed by atoms with van der Waals surface area (Å²) < 4.78 is 0. The van der Waals surface area contributed by atoms with Gasteiger partial charge in [-0.15, -0.1) is 12.4 Å². The first-order chi connectivity index (χ1) is 10.4. The first-order valence-electron chi connectivity index (χ1n) is 7.64. The van der Waals surface area contributed by atoms with E-state index in [9.17, 15) is 4.79 Å². The molecular weight excluding hydrogens is 312 g/mol. The van der Waals surface area contributed by atoms with Crippen LogP contribution in [0.3, 0.4) is 0 Å². The van der Waals surface area contributed by atoms with Crippen molar-refractivity contribution in [2.24, 2.45) is 0 Å². The topological polar surface area (TPSA) is 69.8 Å². The van der Waals surface area contributed by atoms with Crippen LogP contribution < -0.4 is 10.6 Å². The van der Waals surface area contributed by atoms with Gasteiger partial charge in [-0.1, -0.05) is 32.9 Å². The van der Waals surface area contributed by atoms with Gasteiger partial charge in [-0.25, -0.2) is 0 Å². The predicted octanol–water partition coefficient (Wildman–Crippen LogP) is 3.03. The van der Waals surface area contributed by atoms with Crippen LogP contribution in [0.4, 0.5) is 5.69 Å². The number of amides is 1. The van der Waals surface area contributed by atoms with E-state index in [0.29, 0.717) is 12.2 Å². The van der Waals surface area contributed by atoms with Crippen molar-refractivity contribution in [3.8, 4) is 0 Å². The summed E-state index contributed by atoms with van der Waals surface area (Å²) in [7, 11) is 0. The first-order valence-corrected chi connectivity index (χ1v) is 7.64. The molecule has 0 atom stereocenters. The van der Waals surface area contributed by atoms with Gasteiger partial charge in [0.05, 0.1) is 0 Å². The minimum absolute atomic E-state index is 0. The van der Waals surface area contributed by atoms with E-state index >= 15 is 0 Å². The lowest BCUT2D eigenvalue weighted by atomic mass is 9.87. The highest BCUT2D eigenvalue weighted by Gasteiger charge is 2.21. The van der Waals surface area contributed by atoms with E-state index in [1.54, 1.807) is 0 Å². The summed E-state index contributed by atoms with van der Waals surface area (Å²) in [5.74, 6) is -0.162. The zero-order chi connectivity index (χ0) is 15.7. The number of aromatic amines is 1. The monoisotopic (exact) mass is 334 g/mol. The van der Waals surface area contributed by atoms with Gasteiger partial charge < -0.3 is 10.6 Å². The normalized spacial score (nSPS) is 13.9. The zero-order valence-corrected chi connectivity index (χ0v) is 14.5. The molecule has 0 saturated heterocycles. The largest absolute Gasteiger partial charge is 0.321 e. The van der Waals surface area contributed by atoms with Crippen molar-refractivity contribution in [1.82, 2.24) is 15.5 Å². The number of benzene rings is 1. The molecule has 0 unspecified atom stereocenters. The van der Waals surface area contributed by atoms with Gasteiger partial charge in [0.15, 0.2) is 5.69 Å². The summed E-state index contributed by atoms with van der Waals surface area (Å²) in [6.45, 7) is 8.12. The highest BCUT2D eigenvalue weighted by atomic mass is 35.5. The summed E-state index contributed by atoms with van der Waals surface area (Å²) in [6, 6.07) is 7.99. The number of rotatable bonds is 2. The van der Waals surface area contributed by atoms with Gasteiger partial charge >= 0.3 is 0 Å². The summed E-state index contributed by atoms with van der Waals surface area (Å²) in [5.41, 5.74) is 4.67. The van der Waals surface area contributed by atoms with Crippen molar-refractivity contribution in [3.05, 3.63) is 46.8 Å². The Bertz CT molecular complexity index is 686. The third-order valence-corrected chi connectivity index (χ3v) is 4.03. The van der Waals surface area contributed by atoms with Crippen LogP contribution in [-0.2, 0) is 18.4 Å². The number of nitrogens with one attached hydrogen (secondary N) is 3. The minimum Gasteiger partial charge on any atom is -0.321 e. The van der Waals surface area contributed by atoms with Crippen molar-refractivity contribution in [3.63, 3.8) is 0 Å². The van der Waals surface area contributed by atoms with E-state index in [1.807, 2.05) is 12.1 Å². The number of nitrogens with zero attached hydrogens (tertiary/aromatic N) is 1. The van der Waals surface area contributed by atoms with E-state index in [4.69, 9.17) is 0 Å². The molecule has 0 fully saturated rings. The number of anilines is 1. The predicted molar refractivity (Wildman–Crippen MR) is 94.3 cm³/mol. The molecule has 0 aliphatic carbocycles. The van der Waals surface area contributed by atoms with Crippen LogP contribution in [0.15, 0.2) is 24.3 Å². The fourth-order valence-electron chi connectivity index (χ4n) is 2.66. The van der Waals surface area contributed by atoms with Crippen molar-refractivity contribution in [1.29, 1.82) is 0 Å². The number of H-pyrrole nitrogens is 1. The molecule has 1 aromatic carbocycles. The SMILES string of the molecule is CC(C)(C)c1ccc(NC(=O)c2n[nH]c3c2CNCC3)cc1.Cl. The quantitative estimate of drug-likeness (QED) is 0.790. The second-order valence-electron chi connectivity index (χ2n) is 6.74. The standard InChI is InChI=1S/C17H22N4O.ClH/c1-17(2,3)11-4-6-12(7-5-11)19-16(22)15-13-10-18-9-8-14(13)20-21-15;/h4-7,18H,8-10H2,1-3H3,(H,19,22)(H,20,21);1H. The Morgan fingerprint density at radius 2 is 1.91 bits per heavy atom. The summed E-state index contributed by atoms with van der Waals surface area (Å²) >= 11 is 0. The molecule has 6 heteroatoms. The molecular formula is C17H23ClN4O. The second kappa shape index (κ2) is 6.72. The number of hydrogen-bond acceptors (Lipinski definition) is 3. The average molecular weight is 335 g/mol. The molecule has 3 N–H and O–H groups in total. The minimum atomic E-state index is -0.162. The smallest absolute Gasteiger partial charge is 0.276 e. The van der Waals surface area contributed by atoms with Crippen LogP contribution in [0.1, 0.15) is 48.1 Å². The highest BCUT2D eigenvalue weighted by Crippen LogP contribution is 2.24. The second-order valence-corrected chi connectivity index (χ2v) is 6.74. The molecule has 0 spiro atoms. The van der Waals surface area contributed by atoms with Crippen LogP contribution in [0.2, 0.25) is 0 Å². The van der Waals surface area contributed by atoms with Gasteiger partial charge in [-0.05, 0) is 23.1 Å². The molecule has 3 rings (SSSR count). The Morgan fingerprint density at radius 3 is 2.57 bits per heavy atom. The molecule has 1 amide bonds. The van der Waals surface area contributed by atoms with Crippen LogP contribution in [0.5, 0.6) is 0 Å². The van der Waals surface area contributed by atoms with Gasteiger partial charge in [-0.2, -0.15) is 5.10 Å². The Hall–Kier alpha value is -1.85. The number of aromatic nitrogens is 2. The number of halogens is 1. The van der Waals surface area contributed by atoms with E-state index in [0.717, 1.165) is 29.9 Å². The van der Waals surface area contributed by atoms with Crippen molar-refractivity contribution in [2.45, 2.75) is 39.2 Å². The zero-order valence-electron chi connectivity index (χ0n) is 13.7. The van der Waals surface area contributed by atoms with E-state index in [2.05, 4.69) is 53.7 Å². The Morgan fingerprint density at radius 1 is 1.22 bits per heavy atom. The van der Waals surface area contributed by atoms with E-state index < -0.39 is 0 Å². The molecule has 2 aromatic rings. The third-order valence-electron chi connectivity index (χ3n) is 4.03. The van der Waals surface area contributed by atoms with Crippen LogP contribution in [0.25, 0.3) is 0 Å². The first kappa shape index (κ1) is 17.5. The van der Waals surface area contributed by atoms with E-state index in [-0.39, 0.29) is 23.7 Å². The van der Waals surface area contributed by atoms with Crippen LogP contribution >= 0.6 is 12.4 Å². The summed E-state index contributed by atoms with van der Waals surface area (Å²) in [4.78, 5) is 12.4. The maximum absolute atomic E-state index is 12.4. The molecule has 1 aliphatic rings. The fraction of sp³-hybridized carbons (Fsp3) is 0.412. The lowest BCUT2D eigenvalue weighted by Crippen LogP contribution is -2.25. The van der Waals surface area contributed by atoms with Crippen molar-refractivity contribution >= 4 is 24.0 Å². The molecule has 0 bridgehead atoms. The molecule has 0 saturated carbocycles. The molecule has 0 radical (unpaired) electrons. The Balaban J connectivity index is 0.00000192. The lowest BCUT2D eigenvalue weighted by Gasteiger charge is -2.19. The highest BCUT2D eigenvalue weighted by molar-refractivity contribution is 6.04. The molecule has 1 aromatic heterocycles. The maximum atomic E-state index is 12.4. The average Bonchev–Trinajstić information content (AvgIpc) is 2.91. The van der Waals surface area contributed by atoms with Crippen LogP contribution in [0, 0.1) is 0 Å². The third kappa shape index (κ3) is 3.74. The Kier molecular flexibility index (Phi) is 5.12. The molecule has 5 nitrogen and oxygen atoms in total. The van der Waals surface area contributed by atoms with E-state index in [1.165, 1.54) is 5.56 Å². The maximum Gasteiger partial charge on any atom is 0.276 e. The number of fused-ring (bicyclic) bond motifs is 1. The Labute approximate surface area is 142 Å². The molecule has 1 aliphatic heterocycles. The molecule has 23 heavy (non-hydrogen) atoms. The van der Waals surface area contributed by atoms with Gasteiger partial charge in [0, 0.05) is 36.5 Å². The van der Waals surface area contributed by atoms with Gasteiger partial charge in [0.1, 0.15) is 0 Å². The molecule has 2 heterocycles. The molecule has 124 valence electrons. The van der Waals surface area contributed by atoms with Crippen molar-refractivity contribution < 1.29 is 4.79 Å². The number of hydrogen-bond donors (Lipinski definition) is 3. The van der Waals surface area contributed by atoms with Crippen LogP contribution in [-0.4, -0.2) is 22.6 Å². The number of carbonyl (C=O) groups is 1. The summed E-state index contributed by atoms with van der Waals surface area (Å²) in [5, 5.41) is 13.3. The van der Waals surface area contributed by atoms with Gasteiger partial charge in [0.25, 0.3) is 5.91 Å². The number of carbonyl (C=O) groups excluding carboxylic acids is 1. The van der Waals surface area contributed by atoms with Crippen molar-refractivity contribution in [2.75, 3.05) is 11.9 Å². The summed E-state index contributed by atoms with van der Waals surface area (Å²) in [6.07, 6.45) is 0.885. The fourth-order valence-corrected chi connectivity index (χ4v) is 2.66. The van der Waals surface area contributed by atoms with Gasteiger partial charge in [0.2, 0.25) is 0 Å². The van der Waals surface area contributed by atoms with Gasteiger partial charge in [-0.3, -0.25) is 9.89 Å².